The maximum atomic E-state index is 12.4. The lowest BCUT2D eigenvalue weighted by Crippen LogP contribution is -2.30. The van der Waals surface area contributed by atoms with Crippen LogP contribution in [-0.4, -0.2) is 26.8 Å². The molecule has 21 heavy (non-hydrogen) atoms. The Kier molecular flexibility index (Phi) is 3.04. The lowest BCUT2D eigenvalue weighted by Gasteiger charge is -2.07. The van der Waals surface area contributed by atoms with Crippen LogP contribution in [0.5, 0.6) is 0 Å². The summed E-state index contributed by atoms with van der Waals surface area (Å²) in [5.41, 5.74) is 1.51. The third-order valence-electron chi connectivity index (χ3n) is 3.24. The molecule has 3 aromatic rings. The highest BCUT2D eigenvalue weighted by atomic mass is 16.5. The van der Waals surface area contributed by atoms with Crippen LogP contribution < -0.4 is 5.56 Å². The van der Waals surface area contributed by atoms with Crippen molar-refractivity contribution in [2.45, 2.75) is 27.3 Å². The van der Waals surface area contributed by atoms with Crippen molar-refractivity contribution < 1.29 is 13.9 Å². The fraction of sp³-hybridized carbons (Fsp3) is 0.357. The second-order valence-electron chi connectivity index (χ2n) is 4.79. The van der Waals surface area contributed by atoms with Gasteiger partial charge in [0.05, 0.1) is 12.1 Å². The molecule has 0 unspecified atom stereocenters. The minimum Gasteiger partial charge on any atom is -0.465 e. The van der Waals surface area contributed by atoms with Crippen LogP contribution >= 0.6 is 0 Å². The first-order valence-corrected chi connectivity index (χ1v) is 6.66. The van der Waals surface area contributed by atoms with Gasteiger partial charge >= 0.3 is 5.97 Å². The van der Waals surface area contributed by atoms with Gasteiger partial charge in [-0.2, -0.15) is 5.10 Å². The minimum absolute atomic E-state index is 0.199. The van der Waals surface area contributed by atoms with Crippen LogP contribution in [0.25, 0.3) is 16.6 Å². The molecule has 0 bridgehead atoms. The molecule has 0 aromatic carbocycles. The van der Waals surface area contributed by atoms with Crippen molar-refractivity contribution in [1.29, 1.82) is 0 Å². The molecule has 0 fully saturated rings. The summed E-state index contributed by atoms with van der Waals surface area (Å²) in [6.45, 7) is 5.40. The third-order valence-corrected chi connectivity index (χ3v) is 3.24. The van der Waals surface area contributed by atoms with Gasteiger partial charge in [-0.05, 0) is 20.8 Å². The van der Waals surface area contributed by atoms with E-state index in [1.165, 1.54) is 0 Å². The van der Waals surface area contributed by atoms with Gasteiger partial charge in [-0.1, -0.05) is 0 Å². The fourth-order valence-corrected chi connectivity index (χ4v) is 2.45. The number of aryl methyl sites for hydroxylation is 2. The van der Waals surface area contributed by atoms with Crippen LogP contribution in [0.2, 0.25) is 0 Å². The Morgan fingerprint density at radius 2 is 2.10 bits per heavy atom. The van der Waals surface area contributed by atoms with E-state index in [1.54, 1.807) is 24.3 Å². The van der Waals surface area contributed by atoms with E-state index in [4.69, 9.17) is 9.15 Å². The zero-order valence-corrected chi connectivity index (χ0v) is 12.0. The number of esters is 1. The maximum absolute atomic E-state index is 12.4. The normalized spacial score (nSPS) is 11.4. The van der Waals surface area contributed by atoms with Crippen LogP contribution in [0.4, 0.5) is 0 Å². The Hall–Kier alpha value is -2.57. The van der Waals surface area contributed by atoms with Crippen molar-refractivity contribution in [2.75, 3.05) is 6.61 Å². The summed E-state index contributed by atoms with van der Waals surface area (Å²) in [6, 6.07) is 3.52. The zero-order valence-electron chi connectivity index (χ0n) is 12.0. The molecule has 3 aromatic heterocycles. The largest absolute Gasteiger partial charge is 0.465 e. The first-order chi connectivity index (χ1) is 10.0. The van der Waals surface area contributed by atoms with Gasteiger partial charge in [0.1, 0.15) is 23.6 Å². The smallest absolute Gasteiger partial charge is 0.327 e. The standard InChI is InChI=1S/C14H15N3O4/c1-4-20-13(18)7-16-14(19)11-6-12-10(5-8(2)21-12)17(11)9(3)15-16/h5-6H,4,7H2,1-3H3. The summed E-state index contributed by atoms with van der Waals surface area (Å²) in [4.78, 5) is 23.9. The van der Waals surface area contributed by atoms with Crippen LogP contribution in [0, 0.1) is 13.8 Å². The molecule has 7 heteroatoms. The molecule has 0 saturated carbocycles. The third kappa shape index (κ3) is 2.10. The monoisotopic (exact) mass is 289 g/mol. The summed E-state index contributed by atoms with van der Waals surface area (Å²) in [6.07, 6.45) is 0. The minimum atomic E-state index is -0.484. The highest BCUT2D eigenvalue weighted by Crippen LogP contribution is 2.22. The second-order valence-corrected chi connectivity index (χ2v) is 4.79. The molecule has 0 spiro atoms. The Morgan fingerprint density at radius 3 is 2.81 bits per heavy atom. The van der Waals surface area contributed by atoms with E-state index in [1.807, 2.05) is 13.0 Å². The number of hydrogen-bond acceptors (Lipinski definition) is 5. The average Bonchev–Trinajstić information content (AvgIpc) is 2.91. The van der Waals surface area contributed by atoms with Crippen LogP contribution in [-0.2, 0) is 16.1 Å². The molecule has 0 aliphatic rings. The van der Waals surface area contributed by atoms with Crippen molar-refractivity contribution >= 4 is 22.6 Å². The Balaban J connectivity index is 2.19. The van der Waals surface area contributed by atoms with E-state index in [0.29, 0.717) is 16.9 Å². The molecule has 0 aliphatic heterocycles. The van der Waals surface area contributed by atoms with E-state index >= 15 is 0 Å². The van der Waals surface area contributed by atoms with E-state index in [9.17, 15) is 9.59 Å². The van der Waals surface area contributed by atoms with Gasteiger partial charge in [0.15, 0.2) is 5.58 Å². The number of rotatable bonds is 3. The maximum Gasteiger partial charge on any atom is 0.327 e. The number of fused-ring (bicyclic) bond motifs is 3. The van der Waals surface area contributed by atoms with Gasteiger partial charge in [-0.25, -0.2) is 4.68 Å². The molecule has 0 N–H and O–H groups in total. The van der Waals surface area contributed by atoms with Crippen molar-refractivity contribution in [3.8, 4) is 0 Å². The molecule has 3 rings (SSSR count). The van der Waals surface area contributed by atoms with Gasteiger partial charge in [0.2, 0.25) is 0 Å². The van der Waals surface area contributed by atoms with Crippen molar-refractivity contribution in [2.24, 2.45) is 0 Å². The summed E-state index contributed by atoms with van der Waals surface area (Å²) in [5.74, 6) is 0.885. The molecule has 110 valence electrons. The highest BCUT2D eigenvalue weighted by molar-refractivity contribution is 5.83. The zero-order chi connectivity index (χ0) is 15.1. The number of hydrogen-bond donors (Lipinski definition) is 0. The molecule has 0 amide bonds. The molecule has 0 atom stereocenters. The first-order valence-electron chi connectivity index (χ1n) is 6.66. The molecule has 0 saturated heterocycles. The van der Waals surface area contributed by atoms with Crippen LogP contribution in [0.3, 0.4) is 0 Å². The molecular weight excluding hydrogens is 274 g/mol. The van der Waals surface area contributed by atoms with Gasteiger partial charge in [-0.15, -0.1) is 0 Å². The van der Waals surface area contributed by atoms with Gasteiger partial charge < -0.3 is 9.15 Å². The lowest BCUT2D eigenvalue weighted by molar-refractivity contribution is -0.144. The van der Waals surface area contributed by atoms with Crippen LogP contribution in [0.15, 0.2) is 21.3 Å². The second kappa shape index (κ2) is 4.76. The number of ether oxygens (including phenoxy) is 1. The number of nitrogens with zero attached hydrogens (tertiary/aromatic N) is 3. The fourth-order valence-electron chi connectivity index (χ4n) is 2.45. The predicted molar refractivity (Wildman–Crippen MR) is 75.3 cm³/mol. The lowest BCUT2D eigenvalue weighted by atomic mass is 10.4. The summed E-state index contributed by atoms with van der Waals surface area (Å²) < 4.78 is 13.2. The number of carbonyl (C=O) groups is 1. The van der Waals surface area contributed by atoms with E-state index in [2.05, 4.69) is 5.10 Å². The highest BCUT2D eigenvalue weighted by Gasteiger charge is 2.16. The van der Waals surface area contributed by atoms with Gasteiger partial charge in [-0.3, -0.25) is 14.0 Å². The van der Waals surface area contributed by atoms with Crippen molar-refractivity contribution in [3.05, 3.63) is 34.1 Å². The quantitative estimate of drug-likeness (QED) is 0.681. The average molecular weight is 289 g/mol. The Labute approximate surface area is 119 Å². The van der Waals surface area contributed by atoms with Crippen LogP contribution in [0.1, 0.15) is 18.5 Å². The number of aromatic nitrogens is 3. The number of carbonyl (C=O) groups excluding carboxylic acids is 1. The van der Waals surface area contributed by atoms with Crippen molar-refractivity contribution in [3.63, 3.8) is 0 Å². The summed E-state index contributed by atoms with van der Waals surface area (Å²) in [5, 5.41) is 4.18. The SMILES string of the molecule is CCOC(=O)Cn1nc(C)n2c(cc3oc(C)cc32)c1=O. The van der Waals surface area contributed by atoms with E-state index < -0.39 is 5.97 Å². The van der Waals surface area contributed by atoms with Crippen molar-refractivity contribution in [1.82, 2.24) is 14.2 Å². The van der Waals surface area contributed by atoms with E-state index in [-0.39, 0.29) is 18.7 Å². The molecule has 7 nitrogen and oxygen atoms in total. The van der Waals surface area contributed by atoms with Gasteiger partial charge in [0, 0.05) is 12.1 Å². The number of furan rings is 1. The molecular formula is C14H15N3O4. The Morgan fingerprint density at radius 1 is 1.33 bits per heavy atom. The summed E-state index contributed by atoms with van der Waals surface area (Å²) in [7, 11) is 0. The van der Waals surface area contributed by atoms with Gasteiger partial charge in [0.25, 0.3) is 5.56 Å². The molecule has 0 radical (unpaired) electrons. The first kappa shape index (κ1) is 13.4. The topological polar surface area (TPSA) is 78.7 Å². The summed E-state index contributed by atoms with van der Waals surface area (Å²) >= 11 is 0. The molecule has 0 aliphatic carbocycles. The Bertz CT molecular complexity index is 900. The molecule has 3 heterocycles. The van der Waals surface area contributed by atoms with E-state index in [0.717, 1.165) is 16.0 Å². The predicted octanol–water partition coefficient (Wildman–Crippen LogP) is 1.42.